The van der Waals surface area contributed by atoms with Crippen LogP contribution in [0, 0.1) is 0 Å². The molecule has 27 heavy (non-hydrogen) atoms. The lowest BCUT2D eigenvalue weighted by Crippen LogP contribution is -2.26. The van der Waals surface area contributed by atoms with Gasteiger partial charge in [-0.3, -0.25) is 9.78 Å². The van der Waals surface area contributed by atoms with Gasteiger partial charge in [0.25, 0.3) is 5.91 Å². The van der Waals surface area contributed by atoms with Crippen LogP contribution in [0.4, 0.5) is 0 Å². The predicted octanol–water partition coefficient (Wildman–Crippen LogP) is 4.26. The van der Waals surface area contributed by atoms with Gasteiger partial charge in [0.2, 0.25) is 0 Å². The lowest BCUT2D eigenvalue weighted by Gasteiger charge is -2.15. The fourth-order valence-electron chi connectivity index (χ4n) is 2.80. The summed E-state index contributed by atoms with van der Waals surface area (Å²) in [6.07, 6.45) is 3.30. The molecule has 0 aliphatic heterocycles. The highest BCUT2D eigenvalue weighted by Crippen LogP contribution is 2.24. The molecule has 1 aromatic heterocycles. The maximum atomic E-state index is 12.7. The average molecular weight is 362 g/mol. The second kappa shape index (κ2) is 8.36. The minimum Gasteiger partial charge on any atom is -0.497 e. The molecule has 0 aliphatic carbocycles. The predicted molar refractivity (Wildman–Crippen MR) is 105 cm³/mol. The SMILES string of the molecule is COc1cccc(-c2cncc(C(=O)N[C@@H](C)c3cccc(OC)c3)c2)c1. The van der Waals surface area contributed by atoms with Gasteiger partial charge in [0.05, 0.1) is 25.8 Å². The third-order valence-electron chi connectivity index (χ3n) is 4.34. The molecule has 3 rings (SSSR count). The Hall–Kier alpha value is -3.34. The quantitative estimate of drug-likeness (QED) is 0.712. The van der Waals surface area contributed by atoms with Crippen molar-refractivity contribution in [2.24, 2.45) is 0 Å². The molecule has 0 aliphatic rings. The number of nitrogens with zero attached hydrogens (tertiary/aromatic N) is 1. The van der Waals surface area contributed by atoms with Crippen LogP contribution < -0.4 is 14.8 Å². The highest BCUT2D eigenvalue weighted by molar-refractivity contribution is 5.95. The summed E-state index contributed by atoms with van der Waals surface area (Å²) in [6.45, 7) is 1.94. The van der Waals surface area contributed by atoms with Crippen molar-refractivity contribution in [2.75, 3.05) is 14.2 Å². The Bertz CT molecular complexity index is 940. The zero-order valence-corrected chi connectivity index (χ0v) is 15.6. The van der Waals surface area contributed by atoms with E-state index in [-0.39, 0.29) is 11.9 Å². The number of aromatic nitrogens is 1. The Balaban J connectivity index is 1.78. The van der Waals surface area contributed by atoms with Crippen molar-refractivity contribution in [3.63, 3.8) is 0 Å². The average Bonchev–Trinajstić information content (AvgIpc) is 2.73. The van der Waals surface area contributed by atoms with Gasteiger partial charge in [0.1, 0.15) is 11.5 Å². The molecule has 0 spiro atoms. The molecule has 0 unspecified atom stereocenters. The van der Waals surface area contributed by atoms with E-state index in [1.165, 1.54) is 0 Å². The van der Waals surface area contributed by atoms with Gasteiger partial charge >= 0.3 is 0 Å². The fraction of sp³-hybridized carbons (Fsp3) is 0.182. The minimum atomic E-state index is -0.178. The molecule has 0 fully saturated rings. The number of rotatable bonds is 6. The van der Waals surface area contributed by atoms with Gasteiger partial charge in [0, 0.05) is 18.0 Å². The summed E-state index contributed by atoms with van der Waals surface area (Å²) in [5.41, 5.74) is 3.28. The number of pyridine rings is 1. The Kier molecular flexibility index (Phi) is 5.71. The Labute approximate surface area is 159 Å². The lowest BCUT2D eigenvalue weighted by atomic mass is 10.0. The molecule has 0 saturated heterocycles. The highest BCUT2D eigenvalue weighted by atomic mass is 16.5. The van der Waals surface area contributed by atoms with E-state index >= 15 is 0 Å². The molecule has 138 valence electrons. The van der Waals surface area contributed by atoms with Crippen molar-refractivity contribution in [1.29, 1.82) is 0 Å². The van der Waals surface area contributed by atoms with Crippen LogP contribution in [0.25, 0.3) is 11.1 Å². The molecule has 1 amide bonds. The van der Waals surface area contributed by atoms with Gasteiger partial charge in [-0.25, -0.2) is 0 Å². The largest absolute Gasteiger partial charge is 0.497 e. The zero-order valence-electron chi connectivity index (χ0n) is 15.6. The van der Waals surface area contributed by atoms with Gasteiger partial charge in [-0.15, -0.1) is 0 Å². The summed E-state index contributed by atoms with van der Waals surface area (Å²) >= 11 is 0. The smallest absolute Gasteiger partial charge is 0.253 e. The number of amides is 1. The summed E-state index contributed by atoms with van der Waals surface area (Å²) in [6, 6.07) is 17.0. The summed E-state index contributed by atoms with van der Waals surface area (Å²) in [5.74, 6) is 1.34. The molecule has 1 atom stereocenters. The molecule has 1 heterocycles. The van der Waals surface area contributed by atoms with E-state index in [9.17, 15) is 4.79 Å². The third kappa shape index (κ3) is 4.44. The second-order valence-electron chi connectivity index (χ2n) is 6.17. The van der Waals surface area contributed by atoms with Crippen LogP contribution in [0.3, 0.4) is 0 Å². The van der Waals surface area contributed by atoms with Gasteiger partial charge in [-0.2, -0.15) is 0 Å². The molecule has 0 bridgehead atoms. The van der Waals surface area contributed by atoms with Crippen molar-refractivity contribution < 1.29 is 14.3 Å². The van der Waals surface area contributed by atoms with Crippen molar-refractivity contribution in [3.8, 4) is 22.6 Å². The molecule has 5 heteroatoms. The van der Waals surface area contributed by atoms with E-state index in [1.807, 2.05) is 61.5 Å². The molecule has 0 saturated carbocycles. The second-order valence-corrected chi connectivity index (χ2v) is 6.17. The number of nitrogens with one attached hydrogen (secondary N) is 1. The van der Waals surface area contributed by atoms with Crippen LogP contribution in [0.1, 0.15) is 28.9 Å². The molecule has 5 nitrogen and oxygen atoms in total. The van der Waals surface area contributed by atoms with Crippen LogP contribution >= 0.6 is 0 Å². The molecular formula is C22H22N2O3. The number of ether oxygens (including phenoxy) is 2. The van der Waals surface area contributed by atoms with Crippen LogP contribution in [-0.2, 0) is 0 Å². The fourth-order valence-corrected chi connectivity index (χ4v) is 2.80. The van der Waals surface area contributed by atoms with E-state index in [4.69, 9.17) is 9.47 Å². The van der Waals surface area contributed by atoms with Crippen molar-refractivity contribution in [2.45, 2.75) is 13.0 Å². The van der Waals surface area contributed by atoms with Gasteiger partial charge in [0.15, 0.2) is 0 Å². The molecule has 1 N–H and O–H groups in total. The molecule has 2 aromatic carbocycles. The van der Waals surface area contributed by atoms with Crippen LogP contribution in [0.15, 0.2) is 67.0 Å². The number of carbonyl (C=O) groups is 1. The first kappa shape index (κ1) is 18.5. The Morgan fingerprint density at radius 2 is 1.63 bits per heavy atom. The number of hydrogen-bond donors (Lipinski definition) is 1. The highest BCUT2D eigenvalue weighted by Gasteiger charge is 2.13. The van der Waals surface area contributed by atoms with E-state index < -0.39 is 0 Å². The van der Waals surface area contributed by atoms with E-state index in [2.05, 4.69) is 10.3 Å². The summed E-state index contributed by atoms with van der Waals surface area (Å²) in [7, 11) is 3.25. The van der Waals surface area contributed by atoms with E-state index in [1.54, 1.807) is 26.6 Å². The van der Waals surface area contributed by atoms with Crippen molar-refractivity contribution in [3.05, 3.63) is 78.1 Å². The zero-order chi connectivity index (χ0) is 19.2. The molecule has 0 radical (unpaired) electrons. The first-order valence-corrected chi connectivity index (χ1v) is 8.65. The topological polar surface area (TPSA) is 60.5 Å². The standard InChI is InChI=1S/C22H22N2O3/c1-15(16-6-4-8-20(11-16)26-2)24-22(25)19-10-18(13-23-14-19)17-7-5-9-21(12-17)27-3/h4-15H,1-3H3,(H,24,25)/t15-/m0/s1. The Morgan fingerprint density at radius 1 is 0.926 bits per heavy atom. The molecule has 3 aromatic rings. The summed E-state index contributed by atoms with van der Waals surface area (Å²) in [5, 5.41) is 3.01. The molecular weight excluding hydrogens is 340 g/mol. The Morgan fingerprint density at radius 3 is 2.37 bits per heavy atom. The van der Waals surface area contributed by atoms with Crippen LogP contribution in [-0.4, -0.2) is 25.1 Å². The van der Waals surface area contributed by atoms with E-state index in [0.717, 1.165) is 28.2 Å². The van der Waals surface area contributed by atoms with Crippen LogP contribution in [0.2, 0.25) is 0 Å². The first-order chi connectivity index (χ1) is 13.1. The first-order valence-electron chi connectivity index (χ1n) is 8.65. The normalized spacial score (nSPS) is 11.5. The number of hydrogen-bond acceptors (Lipinski definition) is 4. The van der Waals surface area contributed by atoms with Gasteiger partial charge < -0.3 is 14.8 Å². The number of methoxy groups -OCH3 is 2. The number of benzene rings is 2. The number of carbonyl (C=O) groups excluding carboxylic acids is 1. The maximum Gasteiger partial charge on any atom is 0.253 e. The third-order valence-corrected chi connectivity index (χ3v) is 4.34. The van der Waals surface area contributed by atoms with Crippen LogP contribution in [0.5, 0.6) is 11.5 Å². The van der Waals surface area contributed by atoms with Crippen molar-refractivity contribution >= 4 is 5.91 Å². The minimum absolute atomic E-state index is 0.159. The van der Waals surface area contributed by atoms with E-state index in [0.29, 0.717) is 5.56 Å². The van der Waals surface area contributed by atoms with Gasteiger partial charge in [-0.05, 0) is 48.4 Å². The van der Waals surface area contributed by atoms with Crippen molar-refractivity contribution in [1.82, 2.24) is 10.3 Å². The van der Waals surface area contributed by atoms with Gasteiger partial charge in [-0.1, -0.05) is 24.3 Å². The maximum absolute atomic E-state index is 12.7. The monoisotopic (exact) mass is 362 g/mol. The summed E-state index contributed by atoms with van der Waals surface area (Å²) < 4.78 is 10.5. The lowest BCUT2D eigenvalue weighted by molar-refractivity contribution is 0.0939. The summed E-state index contributed by atoms with van der Waals surface area (Å²) in [4.78, 5) is 16.9.